The number of carbonyl (C=O) groups excluding carboxylic acids is 3. The number of unbranched alkanes of at least 4 members (excludes halogenated alkanes) is 2. The summed E-state index contributed by atoms with van der Waals surface area (Å²) in [5, 5.41) is 17.4. The second-order valence-electron chi connectivity index (χ2n) is 9.11. The number of nitrogens with two attached hydrogens (primary N) is 3. The van der Waals surface area contributed by atoms with Gasteiger partial charge in [0, 0.05) is 0 Å². The van der Waals surface area contributed by atoms with Crippen molar-refractivity contribution in [1.82, 2.24) is 16.0 Å². The SMILES string of the molecule is CSCCC(NC(=O)C(CC(C)C)NC(=O)C(N)CCCCN)C(=O)NC(CCCCN)C(=O)O. The predicted octanol–water partition coefficient (Wildman–Crippen LogP) is -0.0901. The standard InChI is InChI=1S/C23H46N6O5S/c1-15(2)14-19(29-20(30)16(26)8-4-6-11-24)22(32)27-17(10-13-35-3)21(31)28-18(23(33)34)9-5-7-12-25/h15-19H,4-14,24-26H2,1-3H3,(H,27,32)(H,28,31)(H,29,30)(H,33,34). The van der Waals surface area contributed by atoms with Crippen molar-refractivity contribution in [2.24, 2.45) is 23.1 Å². The highest BCUT2D eigenvalue weighted by Gasteiger charge is 2.30. The Morgan fingerprint density at radius 3 is 1.80 bits per heavy atom. The third-order valence-corrected chi connectivity index (χ3v) is 6.10. The van der Waals surface area contributed by atoms with Gasteiger partial charge in [0.25, 0.3) is 0 Å². The molecule has 35 heavy (non-hydrogen) atoms. The van der Waals surface area contributed by atoms with Crippen molar-refractivity contribution in [3.8, 4) is 0 Å². The molecule has 0 aliphatic carbocycles. The van der Waals surface area contributed by atoms with Crippen LogP contribution in [0.1, 0.15) is 65.2 Å². The van der Waals surface area contributed by atoms with Crippen molar-refractivity contribution in [2.75, 3.05) is 25.1 Å². The van der Waals surface area contributed by atoms with E-state index in [0.717, 1.165) is 6.42 Å². The molecule has 0 aliphatic rings. The summed E-state index contributed by atoms with van der Waals surface area (Å²) in [6.07, 6.45) is 5.92. The maximum Gasteiger partial charge on any atom is 0.326 e. The van der Waals surface area contributed by atoms with Gasteiger partial charge >= 0.3 is 5.97 Å². The van der Waals surface area contributed by atoms with Crippen LogP contribution in [0.4, 0.5) is 0 Å². The van der Waals surface area contributed by atoms with E-state index in [1.165, 1.54) is 11.8 Å². The number of hydrogen-bond donors (Lipinski definition) is 7. The minimum atomic E-state index is -1.14. The van der Waals surface area contributed by atoms with Crippen molar-refractivity contribution in [3.05, 3.63) is 0 Å². The van der Waals surface area contributed by atoms with Gasteiger partial charge in [-0.25, -0.2) is 4.79 Å². The van der Waals surface area contributed by atoms with Crippen LogP contribution in [-0.2, 0) is 19.2 Å². The molecule has 3 amide bonds. The van der Waals surface area contributed by atoms with Crippen LogP contribution in [0.2, 0.25) is 0 Å². The zero-order valence-corrected chi connectivity index (χ0v) is 22.2. The van der Waals surface area contributed by atoms with Crippen LogP contribution in [0.15, 0.2) is 0 Å². The first-order valence-corrected chi connectivity index (χ1v) is 13.7. The Morgan fingerprint density at radius 1 is 0.771 bits per heavy atom. The topological polar surface area (TPSA) is 203 Å². The molecule has 12 heteroatoms. The number of amides is 3. The molecule has 0 spiro atoms. The molecule has 0 radical (unpaired) electrons. The molecular formula is C23H46N6O5S. The third kappa shape index (κ3) is 15.0. The van der Waals surface area contributed by atoms with Crippen LogP contribution in [0.5, 0.6) is 0 Å². The van der Waals surface area contributed by atoms with Crippen molar-refractivity contribution in [3.63, 3.8) is 0 Å². The molecule has 10 N–H and O–H groups in total. The lowest BCUT2D eigenvalue weighted by Gasteiger charge is -2.26. The molecule has 4 unspecified atom stereocenters. The third-order valence-electron chi connectivity index (χ3n) is 5.45. The Kier molecular flexibility index (Phi) is 18.3. The number of carbonyl (C=O) groups is 4. The first-order valence-electron chi connectivity index (χ1n) is 12.4. The zero-order chi connectivity index (χ0) is 26.8. The molecule has 0 aromatic carbocycles. The Morgan fingerprint density at radius 2 is 1.29 bits per heavy atom. The molecule has 204 valence electrons. The fraction of sp³-hybridized carbons (Fsp3) is 0.826. The van der Waals surface area contributed by atoms with E-state index in [9.17, 15) is 24.3 Å². The molecule has 0 aromatic rings. The van der Waals surface area contributed by atoms with Crippen molar-refractivity contribution >= 4 is 35.5 Å². The molecule has 0 aliphatic heterocycles. The summed E-state index contributed by atoms with van der Waals surface area (Å²) in [6.45, 7) is 4.79. The van der Waals surface area contributed by atoms with Crippen LogP contribution >= 0.6 is 11.8 Å². The molecule has 0 aromatic heterocycles. The monoisotopic (exact) mass is 518 g/mol. The fourth-order valence-electron chi connectivity index (χ4n) is 3.42. The lowest BCUT2D eigenvalue weighted by atomic mass is 10.0. The van der Waals surface area contributed by atoms with Gasteiger partial charge in [-0.3, -0.25) is 14.4 Å². The van der Waals surface area contributed by atoms with E-state index in [1.54, 1.807) is 0 Å². The molecule has 0 fully saturated rings. The first-order chi connectivity index (χ1) is 16.6. The number of thioether (sulfide) groups is 1. The Balaban J connectivity index is 5.34. The number of hydrogen-bond acceptors (Lipinski definition) is 8. The van der Waals surface area contributed by atoms with Gasteiger partial charge in [0.2, 0.25) is 17.7 Å². The van der Waals surface area contributed by atoms with Crippen LogP contribution in [0, 0.1) is 5.92 Å². The van der Waals surface area contributed by atoms with Gasteiger partial charge < -0.3 is 38.3 Å². The van der Waals surface area contributed by atoms with E-state index in [1.807, 2.05) is 20.1 Å². The average Bonchev–Trinajstić information content (AvgIpc) is 2.79. The molecule has 0 saturated heterocycles. The lowest BCUT2D eigenvalue weighted by Crippen LogP contribution is -2.57. The molecule has 0 saturated carbocycles. The van der Waals surface area contributed by atoms with E-state index in [-0.39, 0.29) is 12.3 Å². The van der Waals surface area contributed by atoms with Gasteiger partial charge in [0.05, 0.1) is 6.04 Å². The number of nitrogens with one attached hydrogen (secondary N) is 3. The molecule has 0 heterocycles. The lowest BCUT2D eigenvalue weighted by molar-refractivity contribution is -0.142. The van der Waals surface area contributed by atoms with Gasteiger partial charge in [-0.1, -0.05) is 20.3 Å². The second-order valence-corrected chi connectivity index (χ2v) is 10.1. The minimum absolute atomic E-state index is 0.0944. The van der Waals surface area contributed by atoms with Crippen molar-refractivity contribution in [1.29, 1.82) is 0 Å². The molecule has 0 rings (SSSR count). The highest BCUT2D eigenvalue weighted by molar-refractivity contribution is 7.98. The second kappa shape index (κ2) is 19.3. The summed E-state index contributed by atoms with van der Waals surface area (Å²) < 4.78 is 0. The average molecular weight is 519 g/mol. The van der Waals surface area contributed by atoms with Gasteiger partial charge in [0.1, 0.15) is 18.1 Å². The Labute approximate surface area is 213 Å². The van der Waals surface area contributed by atoms with Gasteiger partial charge in [-0.05, 0) is 76.0 Å². The molecular weight excluding hydrogens is 472 g/mol. The van der Waals surface area contributed by atoms with Crippen LogP contribution in [-0.4, -0.2) is 78.1 Å². The normalized spacial score (nSPS) is 14.6. The van der Waals surface area contributed by atoms with E-state index < -0.39 is 47.9 Å². The van der Waals surface area contributed by atoms with E-state index >= 15 is 0 Å². The van der Waals surface area contributed by atoms with Crippen molar-refractivity contribution in [2.45, 2.75) is 89.4 Å². The minimum Gasteiger partial charge on any atom is -0.480 e. The maximum absolute atomic E-state index is 13.1. The predicted molar refractivity (Wildman–Crippen MR) is 140 cm³/mol. The summed E-state index contributed by atoms with van der Waals surface area (Å²) in [5.74, 6) is -1.97. The Hall–Kier alpha value is -1.89. The summed E-state index contributed by atoms with van der Waals surface area (Å²) in [4.78, 5) is 50.2. The molecule has 11 nitrogen and oxygen atoms in total. The van der Waals surface area contributed by atoms with E-state index in [2.05, 4.69) is 16.0 Å². The van der Waals surface area contributed by atoms with Gasteiger partial charge in [0.15, 0.2) is 0 Å². The first kappa shape index (κ1) is 33.1. The highest BCUT2D eigenvalue weighted by atomic mass is 32.2. The summed E-state index contributed by atoms with van der Waals surface area (Å²) in [7, 11) is 0. The van der Waals surface area contributed by atoms with Crippen molar-refractivity contribution < 1.29 is 24.3 Å². The van der Waals surface area contributed by atoms with Crippen LogP contribution < -0.4 is 33.2 Å². The molecule has 4 atom stereocenters. The summed E-state index contributed by atoms with van der Waals surface area (Å²) in [5.41, 5.74) is 16.9. The fourth-order valence-corrected chi connectivity index (χ4v) is 3.89. The largest absolute Gasteiger partial charge is 0.480 e. The van der Waals surface area contributed by atoms with Crippen LogP contribution in [0.3, 0.4) is 0 Å². The molecule has 0 bridgehead atoms. The van der Waals surface area contributed by atoms with Gasteiger partial charge in [-0.2, -0.15) is 11.8 Å². The number of aliphatic carboxylic acids is 1. The number of rotatable bonds is 20. The zero-order valence-electron chi connectivity index (χ0n) is 21.4. The summed E-state index contributed by atoms with van der Waals surface area (Å²) in [6, 6.07) is -3.63. The number of carboxylic acid groups (broad SMARTS) is 1. The summed E-state index contributed by atoms with van der Waals surface area (Å²) >= 11 is 1.50. The van der Waals surface area contributed by atoms with E-state index in [0.29, 0.717) is 57.4 Å². The smallest absolute Gasteiger partial charge is 0.326 e. The van der Waals surface area contributed by atoms with E-state index in [4.69, 9.17) is 17.2 Å². The quantitative estimate of drug-likeness (QED) is 0.107. The Bertz CT molecular complexity index is 652. The van der Waals surface area contributed by atoms with Gasteiger partial charge in [-0.15, -0.1) is 0 Å². The number of carboxylic acids is 1. The maximum atomic E-state index is 13.1. The van der Waals surface area contributed by atoms with Crippen LogP contribution in [0.25, 0.3) is 0 Å². The highest BCUT2D eigenvalue weighted by Crippen LogP contribution is 2.09.